The molecule has 0 fully saturated rings. The summed E-state index contributed by atoms with van der Waals surface area (Å²) in [4.78, 5) is 2.94. The summed E-state index contributed by atoms with van der Waals surface area (Å²) in [6, 6.07) is 17.2. The van der Waals surface area contributed by atoms with Crippen LogP contribution in [0.2, 0.25) is 0 Å². The van der Waals surface area contributed by atoms with Crippen LogP contribution in [-0.4, -0.2) is 53.0 Å². The minimum absolute atomic E-state index is 0.445. The predicted molar refractivity (Wildman–Crippen MR) is 119 cm³/mol. The zero-order valence-corrected chi connectivity index (χ0v) is 17.3. The monoisotopic (exact) mass is 400 g/mol. The third-order valence-electron chi connectivity index (χ3n) is 4.14. The van der Waals surface area contributed by atoms with E-state index in [2.05, 4.69) is 53.7 Å². The molecule has 0 atom stereocenters. The van der Waals surface area contributed by atoms with Gasteiger partial charge in [-0.15, -0.1) is 0 Å². The highest BCUT2D eigenvalue weighted by atomic mass is 32.1. The van der Waals surface area contributed by atoms with E-state index in [-0.39, 0.29) is 0 Å². The number of hydrogen-bond acceptors (Lipinski definition) is 7. The minimum atomic E-state index is -1.49. The van der Waals surface area contributed by atoms with Crippen LogP contribution in [0.25, 0.3) is 0 Å². The summed E-state index contributed by atoms with van der Waals surface area (Å²) in [5, 5.41) is 27.4. The molecule has 0 aromatic heterocycles. The van der Waals surface area contributed by atoms with Crippen LogP contribution in [0, 0.1) is 5.92 Å². The lowest BCUT2D eigenvalue weighted by Gasteiger charge is -2.26. The number of nitrogens with zero attached hydrogens (tertiary/aromatic N) is 3. The molecular formula is C20H29BN4O2S. The van der Waals surface area contributed by atoms with Gasteiger partial charge >= 0.3 is 7.12 Å². The van der Waals surface area contributed by atoms with Gasteiger partial charge in [0.15, 0.2) is 0 Å². The number of hydrogen-bond donors (Lipinski definition) is 4. The van der Waals surface area contributed by atoms with Gasteiger partial charge in [-0.3, -0.25) is 5.01 Å². The Morgan fingerprint density at radius 2 is 1.86 bits per heavy atom. The van der Waals surface area contributed by atoms with Crippen molar-refractivity contribution < 1.29 is 10.0 Å². The highest BCUT2D eigenvalue weighted by Gasteiger charge is 2.11. The Morgan fingerprint density at radius 3 is 2.50 bits per heavy atom. The molecule has 0 radical (unpaired) electrons. The number of hydrazine groups is 1. The van der Waals surface area contributed by atoms with E-state index in [4.69, 9.17) is 0 Å². The van der Waals surface area contributed by atoms with Gasteiger partial charge in [0, 0.05) is 13.1 Å². The fourth-order valence-electron chi connectivity index (χ4n) is 2.78. The Bertz CT molecular complexity index is 731. The lowest BCUT2D eigenvalue weighted by Crippen LogP contribution is -2.40. The molecule has 0 aliphatic carbocycles. The van der Waals surface area contributed by atoms with Gasteiger partial charge in [0.05, 0.1) is 19.3 Å². The predicted octanol–water partition coefficient (Wildman–Crippen LogP) is 1.51. The maximum atomic E-state index is 9.35. The highest BCUT2D eigenvalue weighted by molar-refractivity contribution is 7.78. The summed E-state index contributed by atoms with van der Waals surface area (Å²) >= 11 is 4.20. The number of nitrogens with one attached hydrogen (secondary N) is 1. The molecule has 150 valence electrons. The Hall–Kier alpha value is -1.84. The standard InChI is InChI=1S/C20H29BN4O2S/c1-17(2)15-25(23-28)12-11-24(16-18-7-4-3-5-8-18)22-14-19-9-6-10-20(13-19)21(26)27/h3-10,13-14,17,23,26-28H,11-12,15-16H2,1-2H3/b22-14+. The zero-order chi connectivity index (χ0) is 20.4. The van der Waals surface area contributed by atoms with Crippen molar-refractivity contribution in [1.29, 1.82) is 0 Å². The molecule has 0 heterocycles. The van der Waals surface area contributed by atoms with E-state index in [1.54, 1.807) is 24.4 Å². The molecule has 6 nitrogen and oxygen atoms in total. The first-order valence-electron chi connectivity index (χ1n) is 9.41. The van der Waals surface area contributed by atoms with Crippen molar-refractivity contribution in [2.75, 3.05) is 19.6 Å². The van der Waals surface area contributed by atoms with Gasteiger partial charge < -0.3 is 10.0 Å². The van der Waals surface area contributed by atoms with Crippen LogP contribution in [0.3, 0.4) is 0 Å². The van der Waals surface area contributed by atoms with Crippen LogP contribution < -0.4 is 10.3 Å². The Morgan fingerprint density at radius 1 is 1.11 bits per heavy atom. The van der Waals surface area contributed by atoms with E-state index in [0.717, 1.165) is 18.7 Å². The second kappa shape index (κ2) is 11.9. The Kier molecular flexibility index (Phi) is 9.53. The summed E-state index contributed by atoms with van der Waals surface area (Å²) in [6.07, 6.45) is 1.75. The van der Waals surface area contributed by atoms with Gasteiger partial charge in [-0.2, -0.15) is 5.10 Å². The van der Waals surface area contributed by atoms with Crippen LogP contribution in [0.15, 0.2) is 59.7 Å². The molecule has 0 amide bonds. The Balaban J connectivity index is 2.09. The van der Waals surface area contributed by atoms with E-state index in [1.165, 1.54) is 5.56 Å². The van der Waals surface area contributed by atoms with Crippen LogP contribution in [0.5, 0.6) is 0 Å². The average Bonchev–Trinajstić information content (AvgIpc) is 2.69. The molecular weight excluding hydrogens is 371 g/mol. The SMILES string of the molecule is CC(C)CN(CCN(Cc1ccccc1)/N=C/c1cccc(B(O)O)c1)NS. The third kappa shape index (κ3) is 8.04. The molecule has 8 heteroatoms. The van der Waals surface area contributed by atoms with Crippen molar-refractivity contribution in [2.24, 2.45) is 11.0 Å². The lowest BCUT2D eigenvalue weighted by molar-refractivity contribution is 0.176. The molecule has 28 heavy (non-hydrogen) atoms. The van der Waals surface area contributed by atoms with Crippen LogP contribution >= 0.6 is 12.8 Å². The first-order chi connectivity index (χ1) is 13.5. The first kappa shape index (κ1) is 22.5. The van der Waals surface area contributed by atoms with E-state index in [0.29, 0.717) is 24.5 Å². The topological polar surface area (TPSA) is 71.3 Å². The van der Waals surface area contributed by atoms with Crippen molar-refractivity contribution in [3.8, 4) is 0 Å². The highest BCUT2D eigenvalue weighted by Crippen LogP contribution is 2.06. The second-order valence-electron chi connectivity index (χ2n) is 7.10. The molecule has 0 spiro atoms. The van der Waals surface area contributed by atoms with Gasteiger partial charge in [0.1, 0.15) is 0 Å². The van der Waals surface area contributed by atoms with Crippen molar-refractivity contribution in [3.63, 3.8) is 0 Å². The number of hydrazone groups is 1. The van der Waals surface area contributed by atoms with E-state index in [1.807, 2.05) is 29.3 Å². The zero-order valence-electron chi connectivity index (χ0n) is 16.4. The van der Waals surface area contributed by atoms with E-state index in [9.17, 15) is 10.0 Å². The lowest BCUT2D eigenvalue weighted by atomic mass is 9.80. The number of rotatable bonds is 11. The van der Waals surface area contributed by atoms with Crippen molar-refractivity contribution >= 4 is 31.6 Å². The number of benzene rings is 2. The minimum Gasteiger partial charge on any atom is -0.423 e. The first-order valence-corrected chi connectivity index (χ1v) is 9.86. The Labute approximate surface area is 173 Å². The van der Waals surface area contributed by atoms with Gasteiger partial charge in [0.25, 0.3) is 0 Å². The molecule has 0 saturated heterocycles. The summed E-state index contributed by atoms with van der Waals surface area (Å²) in [5.41, 5.74) is 2.43. The molecule has 0 aliphatic rings. The normalized spacial score (nSPS) is 11.5. The van der Waals surface area contributed by atoms with Gasteiger partial charge in [-0.25, -0.2) is 9.84 Å². The summed E-state index contributed by atoms with van der Waals surface area (Å²) in [6.45, 7) is 7.39. The maximum absolute atomic E-state index is 9.35. The maximum Gasteiger partial charge on any atom is 0.488 e. The van der Waals surface area contributed by atoms with Crippen molar-refractivity contribution in [2.45, 2.75) is 20.4 Å². The van der Waals surface area contributed by atoms with Gasteiger partial charge in [0.2, 0.25) is 0 Å². The fourth-order valence-corrected chi connectivity index (χ4v) is 2.96. The van der Waals surface area contributed by atoms with Crippen molar-refractivity contribution in [3.05, 3.63) is 65.7 Å². The van der Waals surface area contributed by atoms with Crippen molar-refractivity contribution in [1.82, 2.24) is 14.8 Å². The van der Waals surface area contributed by atoms with Gasteiger partial charge in [-0.1, -0.05) is 81.3 Å². The van der Waals surface area contributed by atoms with Crippen LogP contribution in [0.1, 0.15) is 25.0 Å². The molecule has 0 saturated carbocycles. The average molecular weight is 400 g/mol. The summed E-state index contributed by atoms with van der Waals surface area (Å²) in [5.74, 6) is 0.526. The summed E-state index contributed by atoms with van der Waals surface area (Å²) < 4.78 is 0. The molecule has 2 rings (SSSR count). The largest absolute Gasteiger partial charge is 0.488 e. The quantitative estimate of drug-likeness (QED) is 0.199. The van der Waals surface area contributed by atoms with Crippen LogP contribution in [-0.2, 0) is 6.54 Å². The number of thiol groups is 1. The summed E-state index contributed by atoms with van der Waals surface area (Å²) in [7, 11) is -1.49. The van der Waals surface area contributed by atoms with Crippen LogP contribution in [0.4, 0.5) is 0 Å². The molecule has 2 aromatic rings. The molecule has 0 aliphatic heterocycles. The third-order valence-corrected chi connectivity index (χ3v) is 4.42. The fraction of sp³-hybridized carbons (Fsp3) is 0.350. The smallest absolute Gasteiger partial charge is 0.423 e. The molecule has 0 unspecified atom stereocenters. The van der Waals surface area contributed by atoms with Gasteiger partial charge in [-0.05, 0) is 22.5 Å². The van der Waals surface area contributed by atoms with E-state index >= 15 is 0 Å². The molecule has 3 N–H and O–H groups in total. The second-order valence-corrected chi connectivity index (χ2v) is 7.30. The van der Waals surface area contributed by atoms with E-state index < -0.39 is 7.12 Å². The molecule has 0 bridgehead atoms. The molecule has 2 aromatic carbocycles.